The van der Waals surface area contributed by atoms with E-state index in [-0.39, 0.29) is 23.3 Å². The Hall–Kier alpha value is -3.37. The summed E-state index contributed by atoms with van der Waals surface area (Å²) in [5.41, 5.74) is 3.44. The highest BCUT2D eigenvalue weighted by atomic mass is 32.2. The number of aromatic nitrogens is 3. The fourth-order valence-corrected chi connectivity index (χ4v) is 4.93. The molecule has 170 valence electrons. The van der Waals surface area contributed by atoms with Crippen molar-refractivity contribution in [2.75, 3.05) is 7.05 Å². The number of hydrogen-bond donors (Lipinski definition) is 2. The summed E-state index contributed by atoms with van der Waals surface area (Å²) in [5, 5.41) is 7.25. The zero-order valence-corrected chi connectivity index (χ0v) is 18.6. The van der Waals surface area contributed by atoms with Crippen LogP contribution in [0.3, 0.4) is 0 Å². The Kier molecular flexibility index (Phi) is 5.34. The maximum Gasteiger partial charge on any atom is 0.257 e. The first-order chi connectivity index (χ1) is 15.9. The summed E-state index contributed by atoms with van der Waals surface area (Å²) in [6.07, 6.45) is 5.45. The van der Waals surface area contributed by atoms with E-state index in [4.69, 9.17) is 0 Å². The number of carbonyl (C=O) groups is 1. The largest absolute Gasteiger partial charge is 0.346 e. The summed E-state index contributed by atoms with van der Waals surface area (Å²) >= 11 is 0. The lowest BCUT2D eigenvalue weighted by Crippen LogP contribution is -2.25. The molecule has 0 spiro atoms. The predicted molar refractivity (Wildman–Crippen MR) is 119 cm³/mol. The van der Waals surface area contributed by atoms with Gasteiger partial charge in [-0.1, -0.05) is 12.1 Å². The van der Waals surface area contributed by atoms with Crippen LogP contribution in [0.25, 0.3) is 11.3 Å². The lowest BCUT2D eigenvalue weighted by molar-refractivity contribution is -0.115. The van der Waals surface area contributed by atoms with Crippen LogP contribution in [0.5, 0.6) is 0 Å². The predicted octanol–water partition coefficient (Wildman–Crippen LogP) is 2.52. The Morgan fingerprint density at radius 1 is 1.21 bits per heavy atom. The molecule has 0 saturated heterocycles. The van der Waals surface area contributed by atoms with E-state index in [1.807, 2.05) is 6.08 Å². The molecule has 2 atom stereocenters. The molecule has 5 rings (SSSR count). The molecule has 1 aromatic carbocycles. The van der Waals surface area contributed by atoms with Crippen LogP contribution in [0.1, 0.15) is 35.7 Å². The number of sulfonamides is 1. The second-order valence-corrected chi connectivity index (χ2v) is 9.98. The van der Waals surface area contributed by atoms with Crippen LogP contribution in [0.15, 0.2) is 59.8 Å². The number of rotatable bonds is 6. The van der Waals surface area contributed by atoms with Gasteiger partial charge in [-0.15, -0.1) is 0 Å². The van der Waals surface area contributed by atoms with Gasteiger partial charge >= 0.3 is 0 Å². The van der Waals surface area contributed by atoms with Gasteiger partial charge in [0.05, 0.1) is 29.8 Å². The first-order valence-electron chi connectivity index (χ1n) is 10.6. The molecule has 10 heteroatoms. The standard InChI is InChI=1S/C23H22FN5O3S/c1-25-33(31,32)21-4-2-3-16(28-21)12-26-23(30)18-10-5-14-11-19(14)22-20(18)13-27-29(22)17-8-6-15(24)7-9-17/h2-4,6-10,13-14,19,25H,5,11-12H2,1H3,(H,26,30). The molecule has 0 aliphatic heterocycles. The first-order valence-corrected chi connectivity index (χ1v) is 12.1. The molecule has 2 aliphatic rings. The average Bonchev–Trinajstić information content (AvgIpc) is 3.49. The minimum atomic E-state index is -3.67. The van der Waals surface area contributed by atoms with Crippen LogP contribution >= 0.6 is 0 Å². The number of pyridine rings is 1. The van der Waals surface area contributed by atoms with Gasteiger partial charge in [0.2, 0.25) is 0 Å². The summed E-state index contributed by atoms with van der Waals surface area (Å²) in [7, 11) is -2.35. The van der Waals surface area contributed by atoms with Crippen molar-refractivity contribution in [2.45, 2.75) is 30.3 Å². The fraction of sp³-hybridized carbons (Fsp3) is 0.261. The minimum absolute atomic E-state index is 0.0809. The third-order valence-corrected chi connectivity index (χ3v) is 7.38. The normalized spacial score (nSPS) is 19.2. The van der Waals surface area contributed by atoms with Crippen molar-refractivity contribution < 1.29 is 17.6 Å². The lowest BCUT2D eigenvalue weighted by atomic mass is 10.0. The van der Waals surface area contributed by atoms with Crippen molar-refractivity contribution in [1.29, 1.82) is 0 Å². The molecule has 1 fully saturated rings. The van der Waals surface area contributed by atoms with Crippen LogP contribution in [0.4, 0.5) is 4.39 Å². The van der Waals surface area contributed by atoms with Gasteiger partial charge in [-0.2, -0.15) is 5.10 Å². The molecular weight excluding hydrogens is 445 g/mol. The second-order valence-electron chi connectivity index (χ2n) is 8.14. The quantitative estimate of drug-likeness (QED) is 0.580. The van der Waals surface area contributed by atoms with Gasteiger partial charge in [0.15, 0.2) is 5.03 Å². The van der Waals surface area contributed by atoms with Crippen LogP contribution in [-0.4, -0.2) is 36.1 Å². The topological polar surface area (TPSA) is 106 Å². The molecular formula is C23H22FN5O3S. The van der Waals surface area contributed by atoms with Crippen molar-refractivity contribution in [3.63, 3.8) is 0 Å². The first kappa shape index (κ1) is 21.5. The van der Waals surface area contributed by atoms with Gasteiger partial charge in [-0.05, 0) is 62.2 Å². The lowest BCUT2D eigenvalue weighted by Gasteiger charge is -2.11. The number of fused-ring (bicyclic) bond motifs is 3. The van der Waals surface area contributed by atoms with E-state index in [2.05, 4.69) is 20.1 Å². The van der Waals surface area contributed by atoms with Gasteiger partial charge in [-0.25, -0.2) is 27.2 Å². The van der Waals surface area contributed by atoms with Gasteiger partial charge in [0, 0.05) is 17.1 Å². The Balaban J connectivity index is 1.39. The van der Waals surface area contributed by atoms with Crippen molar-refractivity contribution in [2.24, 2.45) is 5.92 Å². The molecule has 0 radical (unpaired) electrons. The average molecular weight is 468 g/mol. The van der Waals surface area contributed by atoms with E-state index in [1.54, 1.807) is 35.1 Å². The zero-order valence-electron chi connectivity index (χ0n) is 17.8. The molecule has 2 heterocycles. The second kappa shape index (κ2) is 8.20. The van der Waals surface area contributed by atoms with Crippen molar-refractivity contribution >= 4 is 21.5 Å². The highest BCUT2D eigenvalue weighted by molar-refractivity contribution is 7.89. The van der Waals surface area contributed by atoms with Crippen LogP contribution in [0, 0.1) is 11.7 Å². The molecule has 2 unspecified atom stereocenters. The highest BCUT2D eigenvalue weighted by Gasteiger charge is 2.44. The third kappa shape index (κ3) is 4.07. The number of hydrogen-bond acceptors (Lipinski definition) is 5. The number of halogens is 1. The number of nitrogens with one attached hydrogen (secondary N) is 2. The highest BCUT2D eigenvalue weighted by Crippen LogP contribution is 2.54. The molecule has 1 saturated carbocycles. The van der Waals surface area contributed by atoms with E-state index in [1.165, 1.54) is 25.2 Å². The maximum absolute atomic E-state index is 13.4. The fourth-order valence-electron chi connectivity index (χ4n) is 4.22. The monoisotopic (exact) mass is 467 g/mol. The summed E-state index contributed by atoms with van der Waals surface area (Å²) in [6, 6.07) is 10.8. The molecule has 33 heavy (non-hydrogen) atoms. The number of carbonyl (C=O) groups excluding carboxylic acids is 1. The van der Waals surface area contributed by atoms with Gasteiger partial charge < -0.3 is 5.32 Å². The van der Waals surface area contributed by atoms with Crippen molar-refractivity contribution in [3.05, 3.63) is 77.5 Å². The maximum atomic E-state index is 13.4. The molecule has 0 bridgehead atoms. The van der Waals surface area contributed by atoms with E-state index < -0.39 is 10.0 Å². The van der Waals surface area contributed by atoms with Gasteiger partial charge in [0.1, 0.15) is 5.82 Å². The summed E-state index contributed by atoms with van der Waals surface area (Å²) in [5.74, 6) is 0.163. The van der Waals surface area contributed by atoms with Crippen LogP contribution in [0.2, 0.25) is 0 Å². The molecule has 8 nitrogen and oxygen atoms in total. The Bertz CT molecular complexity index is 1360. The Morgan fingerprint density at radius 2 is 2.00 bits per heavy atom. The molecule has 3 aromatic rings. The Morgan fingerprint density at radius 3 is 2.76 bits per heavy atom. The molecule has 1 amide bonds. The van der Waals surface area contributed by atoms with Crippen molar-refractivity contribution in [3.8, 4) is 5.69 Å². The van der Waals surface area contributed by atoms with Gasteiger partial charge in [-0.3, -0.25) is 4.79 Å². The van der Waals surface area contributed by atoms with E-state index in [0.717, 1.165) is 29.8 Å². The number of amides is 1. The smallest absolute Gasteiger partial charge is 0.257 e. The van der Waals surface area contributed by atoms with Crippen LogP contribution in [-0.2, 0) is 21.4 Å². The van der Waals surface area contributed by atoms with E-state index >= 15 is 0 Å². The third-order valence-electron chi connectivity index (χ3n) is 6.07. The van der Waals surface area contributed by atoms with Crippen LogP contribution < -0.4 is 10.0 Å². The zero-order chi connectivity index (χ0) is 23.2. The molecule has 2 aromatic heterocycles. The number of allylic oxidation sites excluding steroid dienone is 1. The summed E-state index contributed by atoms with van der Waals surface area (Å²) in [4.78, 5) is 17.2. The molecule has 2 aliphatic carbocycles. The summed E-state index contributed by atoms with van der Waals surface area (Å²) in [6.45, 7) is 0.0809. The minimum Gasteiger partial charge on any atom is -0.346 e. The summed E-state index contributed by atoms with van der Waals surface area (Å²) < 4.78 is 41.4. The van der Waals surface area contributed by atoms with E-state index in [9.17, 15) is 17.6 Å². The van der Waals surface area contributed by atoms with E-state index in [0.29, 0.717) is 23.1 Å². The Labute approximate surface area is 190 Å². The van der Waals surface area contributed by atoms with Crippen molar-refractivity contribution in [1.82, 2.24) is 24.8 Å². The SMILES string of the molecule is CNS(=O)(=O)c1cccc(CNC(=O)C2=CCC3CC3c3c2cnn3-c2ccc(F)cc2)n1. The number of benzene rings is 1. The molecule has 2 N–H and O–H groups in total. The van der Waals surface area contributed by atoms with Gasteiger partial charge in [0.25, 0.3) is 15.9 Å². The number of nitrogens with zero attached hydrogens (tertiary/aromatic N) is 3.